The van der Waals surface area contributed by atoms with Crippen molar-refractivity contribution < 1.29 is 23.9 Å². The molecule has 0 unspecified atom stereocenters. The third kappa shape index (κ3) is 16.0. The Labute approximate surface area is 311 Å². The van der Waals surface area contributed by atoms with Crippen molar-refractivity contribution in [3.63, 3.8) is 0 Å². The summed E-state index contributed by atoms with van der Waals surface area (Å²) < 4.78 is 5.47. The quantitative estimate of drug-likeness (QED) is 0.0599. The van der Waals surface area contributed by atoms with E-state index < -0.39 is 17.9 Å². The first kappa shape index (κ1) is 42.1. The Morgan fingerprint density at radius 2 is 1.37 bits per heavy atom. The molecule has 52 heavy (non-hydrogen) atoms. The van der Waals surface area contributed by atoms with E-state index in [-0.39, 0.29) is 49.5 Å². The molecule has 2 aromatic carbocycles. The van der Waals surface area contributed by atoms with Crippen LogP contribution < -0.4 is 11.1 Å². The van der Waals surface area contributed by atoms with Crippen LogP contribution in [0.15, 0.2) is 66.7 Å². The van der Waals surface area contributed by atoms with Crippen LogP contribution in [0.5, 0.6) is 0 Å². The lowest BCUT2D eigenvalue weighted by Crippen LogP contribution is -2.53. The molecule has 3 amide bonds. The number of aromatic nitrogens is 1. The molecule has 0 saturated carbocycles. The van der Waals surface area contributed by atoms with Gasteiger partial charge < -0.3 is 20.7 Å². The molecule has 3 N–H and O–H groups in total. The van der Waals surface area contributed by atoms with Crippen molar-refractivity contribution in [2.75, 3.05) is 6.54 Å². The molecule has 2 atom stereocenters. The van der Waals surface area contributed by atoms with E-state index in [1.165, 1.54) is 51.4 Å². The Morgan fingerprint density at radius 1 is 0.731 bits per heavy atom. The predicted molar refractivity (Wildman–Crippen MR) is 208 cm³/mol. The lowest BCUT2D eigenvalue weighted by atomic mass is 9.99. The van der Waals surface area contributed by atoms with E-state index in [2.05, 4.69) is 24.1 Å². The van der Waals surface area contributed by atoms with Gasteiger partial charge in [-0.1, -0.05) is 145 Å². The summed E-state index contributed by atoms with van der Waals surface area (Å²) in [5.74, 6) is -1.56. The van der Waals surface area contributed by atoms with Crippen molar-refractivity contribution in [2.24, 2.45) is 5.73 Å². The number of para-hydroxylation sites is 1. The molecule has 9 nitrogen and oxygen atoms in total. The molecule has 284 valence electrons. The number of hydrogen-bond donors (Lipinski definition) is 2. The zero-order valence-electron chi connectivity index (χ0n) is 31.7. The fourth-order valence-electron chi connectivity index (χ4n) is 6.59. The maximum Gasteiger partial charge on any atom is 0.306 e. The molecule has 9 heteroatoms. The van der Waals surface area contributed by atoms with Gasteiger partial charge in [0, 0.05) is 30.8 Å². The number of fused-ring (bicyclic) bond motifs is 1. The van der Waals surface area contributed by atoms with Crippen molar-refractivity contribution in [3.8, 4) is 0 Å². The third-order valence-corrected chi connectivity index (χ3v) is 9.60. The van der Waals surface area contributed by atoms with E-state index in [4.69, 9.17) is 10.5 Å². The van der Waals surface area contributed by atoms with Gasteiger partial charge in [-0.3, -0.25) is 19.2 Å². The third-order valence-electron chi connectivity index (χ3n) is 9.60. The SMILES string of the molecule is CCCCCCCCCCCCC[C@@H](CC(N)=O)N(CCCC)C(=O)[C@H](CCCC(=O)OCc1ccccc1)NC(=O)c1ccc2ccccc2n1. The van der Waals surface area contributed by atoms with Gasteiger partial charge in [0.2, 0.25) is 11.8 Å². The van der Waals surface area contributed by atoms with Crippen LogP contribution in [0.3, 0.4) is 0 Å². The topological polar surface area (TPSA) is 132 Å². The van der Waals surface area contributed by atoms with Crippen molar-refractivity contribution in [1.82, 2.24) is 15.2 Å². The maximum absolute atomic E-state index is 14.5. The summed E-state index contributed by atoms with van der Waals surface area (Å²) in [4.78, 5) is 59.4. The van der Waals surface area contributed by atoms with Gasteiger partial charge in [0.05, 0.1) is 5.52 Å². The summed E-state index contributed by atoms with van der Waals surface area (Å²) in [5, 5.41) is 3.85. The second-order valence-electron chi connectivity index (χ2n) is 14.0. The Hall–Kier alpha value is -4.27. The summed E-state index contributed by atoms with van der Waals surface area (Å²) in [6, 6.07) is 19.2. The number of benzene rings is 2. The lowest BCUT2D eigenvalue weighted by Gasteiger charge is -2.34. The zero-order valence-corrected chi connectivity index (χ0v) is 31.7. The molecule has 0 radical (unpaired) electrons. The van der Waals surface area contributed by atoms with Crippen LogP contribution in [-0.4, -0.2) is 52.2 Å². The second kappa shape index (κ2) is 24.8. The van der Waals surface area contributed by atoms with Gasteiger partial charge in [-0.05, 0) is 43.4 Å². The number of nitrogens with zero attached hydrogens (tertiary/aromatic N) is 2. The first-order valence-electron chi connectivity index (χ1n) is 19.8. The molecular formula is C43H62N4O5. The number of carbonyl (C=O) groups excluding carboxylic acids is 4. The Morgan fingerprint density at radius 3 is 2.04 bits per heavy atom. The number of esters is 1. The van der Waals surface area contributed by atoms with Gasteiger partial charge >= 0.3 is 5.97 Å². The molecule has 1 heterocycles. The summed E-state index contributed by atoms with van der Waals surface area (Å²) in [7, 11) is 0. The number of amides is 3. The minimum absolute atomic E-state index is 0.0614. The molecule has 0 aliphatic heterocycles. The fourth-order valence-corrected chi connectivity index (χ4v) is 6.59. The zero-order chi connectivity index (χ0) is 37.4. The van der Waals surface area contributed by atoms with Gasteiger partial charge in [0.25, 0.3) is 5.91 Å². The number of carbonyl (C=O) groups is 4. The highest BCUT2D eigenvalue weighted by molar-refractivity contribution is 5.98. The Balaban J connectivity index is 1.69. The standard InChI is InChI=1S/C43H62N4O5/c1-3-5-7-8-9-10-11-12-13-14-18-25-36(32-40(44)48)47(31-6-4-2)43(51)39(27-21-28-41(49)52-33-34-22-16-15-17-23-34)46-42(50)38-30-29-35-24-19-20-26-37(35)45-38/h15-17,19-20,22-24,26,29-30,36,39H,3-14,18,21,25,27-28,31-33H2,1-2H3,(H2,44,48)(H,46,50)/t36-,39-/m0/s1. The van der Waals surface area contributed by atoms with Gasteiger partial charge in [-0.2, -0.15) is 0 Å². The minimum Gasteiger partial charge on any atom is -0.461 e. The number of primary amides is 1. The average molecular weight is 715 g/mol. The number of nitrogens with two attached hydrogens (primary N) is 1. The monoisotopic (exact) mass is 714 g/mol. The van der Waals surface area contributed by atoms with Crippen LogP contribution >= 0.6 is 0 Å². The molecule has 1 aromatic heterocycles. The molecular weight excluding hydrogens is 652 g/mol. The van der Waals surface area contributed by atoms with Crippen LogP contribution in [-0.2, 0) is 25.7 Å². The molecule has 3 aromatic rings. The summed E-state index contributed by atoms with van der Waals surface area (Å²) in [5.41, 5.74) is 7.52. The van der Waals surface area contributed by atoms with Crippen LogP contribution in [0.2, 0.25) is 0 Å². The normalized spacial score (nSPS) is 12.3. The second-order valence-corrected chi connectivity index (χ2v) is 14.0. The van der Waals surface area contributed by atoms with E-state index >= 15 is 0 Å². The van der Waals surface area contributed by atoms with Crippen molar-refractivity contribution in [1.29, 1.82) is 0 Å². The summed E-state index contributed by atoms with van der Waals surface area (Å²) in [6.07, 6.45) is 16.3. The highest BCUT2D eigenvalue weighted by atomic mass is 16.5. The van der Waals surface area contributed by atoms with E-state index in [1.54, 1.807) is 11.0 Å². The summed E-state index contributed by atoms with van der Waals surface area (Å²) in [6.45, 7) is 4.92. The summed E-state index contributed by atoms with van der Waals surface area (Å²) >= 11 is 0. The number of hydrogen-bond acceptors (Lipinski definition) is 6. The lowest BCUT2D eigenvalue weighted by molar-refractivity contribution is -0.145. The van der Waals surface area contributed by atoms with Gasteiger partial charge in [0.1, 0.15) is 18.3 Å². The molecule has 0 bridgehead atoms. The maximum atomic E-state index is 14.5. The molecule has 0 aliphatic carbocycles. The highest BCUT2D eigenvalue weighted by Crippen LogP contribution is 2.20. The molecule has 0 spiro atoms. The fraction of sp³-hybridized carbons (Fsp3) is 0.558. The average Bonchev–Trinajstić information content (AvgIpc) is 3.15. The first-order chi connectivity index (χ1) is 25.3. The molecule has 0 fully saturated rings. The van der Waals surface area contributed by atoms with Crippen molar-refractivity contribution in [2.45, 2.75) is 148 Å². The van der Waals surface area contributed by atoms with E-state index in [0.717, 1.165) is 43.1 Å². The molecule has 0 saturated heterocycles. The van der Waals surface area contributed by atoms with E-state index in [0.29, 0.717) is 24.9 Å². The number of unbranched alkanes of at least 4 members (excludes halogenated alkanes) is 11. The minimum atomic E-state index is -0.924. The van der Waals surface area contributed by atoms with Gasteiger partial charge in [0.15, 0.2) is 0 Å². The largest absolute Gasteiger partial charge is 0.461 e. The van der Waals surface area contributed by atoms with E-state index in [1.807, 2.05) is 60.7 Å². The number of rotatable bonds is 27. The molecule has 0 aliphatic rings. The van der Waals surface area contributed by atoms with Crippen LogP contribution in [0.25, 0.3) is 10.9 Å². The number of ether oxygens (including phenoxy) is 1. The smallest absolute Gasteiger partial charge is 0.306 e. The van der Waals surface area contributed by atoms with E-state index in [9.17, 15) is 19.2 Å². The predicted octanol–water partition coefficient (Wildman–Crippen LogP) is 8.82. The Kier molecular flexibility index (Phi) is 20.1. The van der Waals surface area contributed by atoms with Crippen molar-refractivity contribution >= 4 is 34.6 Å². The van der Waals surface area contributed by atoms with Crippen LogP contribution in [0, 0.1) is 0 Å². The van der Waals surface area contributed by atoms with Crippen molar-refractivity contribution in [3.05, 3.63) is 78.0 Å². The van der Waals surface area contributed by atoms with Crippen LogP contribution in [0.4, 0.5) is 0 Å². The van der Waals surface area contributed by atoms with Crippen LogP contribution in [0.1, 0.15) is 145 Å². The van der Waals surface area contributed by atoms with Gasteiger partial charge in [-0.25, -0.2) is 4.98 Å². The van der Waals surface area contributed by atoms with Gasteiger partial charge in [-0.15, -0.1) is 0 Å². The number of nitrogens with one attached hydrogen (secondary N) is 1. The molecule has 3 rings (SSSR count). The Bertz CT molecular complexity index is 1500. The highest BCUT2D eigenvalue weighted by Gasteiger charge is 2.31. The first-order valence-corrected chi connectivity index (χ1v) is 19.8. The number of pyridine rings is 1.